The number of fused-ring (bicyclic) bond motifs is 7. The normalized spacial score (nSPS) is 24.5. The van der Waals surface area contributed by atoms with Gasteiger partial charge in [-0.25, -0.2) is 0 Å². The minimum Gasteiger partial charge on any atom is -0.310 e. The second kappa shape index (κ2) is 10.2. The summed E-state index contributed by atoms with van der Waals surface area (Å²) in [5, 5.41) is 2.97. The van der Waals surface area contributed by atoms with Crippen molar-refractivity contribution in [2.45, 2.75) is 47.7 Å². The molecule has 0 fully saturated rings. The fraction of sp³-hybridized carbons (Fsp3) is 0.182. The van der Waals surface area contributed by atoms with Gasteiger partial charge in [0.1, 0.15) is 0 Å². The molecule has 0 N–H and O–H groups in total. The monoisotopic (exact) mass is 611 g/mol. The Kier molecular flexibility index (Phi) is 6.18. The molecule has 4 aliphatic rings. The van der Waals surface area contributed by atoms with Crippen molar-refractivity contribution in [2.24, 2.45) is 5.92 Å². The molecule has 0 saturated carbocycles. The van der Waals surface area contributed by atoms with E-state index < -0.39 is 0 Å². The van der Waals surface area contributed by atoms with E-state index in [-0.39, 0.29) is 10.8 Å². The summed E-state index contributed by atoms with van der Waals surface area (Å²) in [6.45, 7) is 7.21. The highest BCUT2D eigenvalue weighted by molar-refractivity contribution is 8.00. The average Bonchev–Trinajstić information content (AvgIpc) is 3.52. The molecule has 3 aliphatic carbocycles. The second-order valence-electron chi connectivity index (χ2n) is 14.0. The largest absolute Gasteiger partial charge is 0.310 e. The van der Waals surface area contributed by atoms with Gasteiger partial charge in [-0.15, -0.1) is 11.8 Å². The van der Waals surface area contributed by atoms with Gasteiger partial charge in [0.15, 0.2) is 0 Å². The van der Waals surface area contributed by atoms with Gasteiger partial charge in [-0.2, -0.15) is 0 Å². The maximum atomic E-state index is 2.46. The van der Waals surface area contributed by atoms with Gasteiger partial charge >= 0.3 is 0 Å². The van der Waals surface area contributed by atoms with Crippen LogP contribution < -0.4 is 4.90 Å². The van der Waals surface area contributed by atoms with Crippen LogP contribution in [0.15, 0.2) is 157 Å². The number of anilines is 3. The molecule has 1 nitrogen and oxygen atoms in total. The van der Waals surface area contributed by atoms with E-state index in [4.69, 9.17) is 0 Å². The molecule has 0 bridgehead atoms. The number of benzene rings is 5. The third-order valence-corrected chi connectivity index (χ3v) is 12.5. The van der Waals surface area contributed by atoms with Gasteiger partial charge in [-0.3, -0.25) is 0 Å². The van der Waals surface area contributed by atoms with Crippen LogP contribution in [0.1, 0.15) is 43.4 Å². The molecular weight excluding hydrogens is 575 g/mol. The predicted molar refractivity (Wildman–Crippen MR) is 197 cm³/mol. The molecule has 0 saturated heterocycles. The van der Waals surface area contributed by atoms with Crippen LogP contribution in [0.25, 0.3) is 21.9 Å². The van der Waals surface area contributed by atoms with Crippen molar-refractivity contribution in [3.8, 4) is 11.1 Å². The van der Waals surface area contributed by atoms with Crippen molar-refractivity contribution in [1.29, 1.82) is 0 Å². The highest BCUT2D eigenvalue weighted by atomic mass is 32.2. The first-order chi connectivity index (χ1) is 22.4. The fourth-order valence-electron chi connectivity index (χ4n) is 8.43. The lowest BCUT2D eigenvalue weighted by Gasteiger charge is -2.31. The molecule has 0 radical (unpaired) electrons. The third-order valence-electron chi connectivity index (χ3n) is 11.0. The lowest BCUT2D eigenvalue weighted by atomic mass is 9.74. The van der Waals surface area contributed by atoms with Gasteiger partial charge in [-0.1, -0.05) is 130 Å². The number of rotatable bonds is 4. The molecule has 4 atom stereocenters. The molecule has 4 unspecified atom stereocenters. The predicted octanol–water partition coefficient (Wildman–Crippen LogP) is 12.0. The van der Waals surface area contributed by atoms with Gasteiger partial charge in [-0.05, 0) is 87.0 Å². The van der Waals surface area contributed by atoms with Crippen molar-refractivity contribution in [1.82, 2.24) is 0 Å². The average molecular weight is 612 g/mol. The van der Waals surface area contributed by atoms with Gasteiger partial charge < -0.3 is 4.90 Å². The maximum Gasteiger partial charge on any atom is 0.0540 e. The molecular formula is C44H37NS. The number of nitrogens with zero attached hydrogens (tertiary/aromatic N) is 1. The van der Waals surface area contributed by atoms with Crippen LogP contribution in [-0.4, -0.2) is 5.25 Å². The fourth-order valence-corrected chi connectivity index (χ4v) is 9.87. The molecule has 5 aromatic carbocycles. The van der Waals surface area contributed by atoms with Gasteiger partial charge in [0.05, 0.1) is 5.69 Å². The Morgan fingerprint density at radius 2 is 1.39 bits per heavy atom. The summed E-state index contributed by atoms with van der Waals surface area (Å²) in [4.78, 5) is 3.86. The number of allylic oxidation sites excluding steroid dienone is 7. The van der Waals surface area contributed by atoms with E-state index in [0.717, 1.165) is 5.69 Å². The number of thioether (sulfide) groups is 1. The Balaban J connectivity index is 1.15. The van der Waals surface area contributed by atoms with Crippen molar-refractivity contribution in [2.75, 3.05) is 4.90 Å². The first kappa shape index (κ1) is 27.8. The Bertz CT molecular complexity index is 2140. The molecule has 5 aromatic rings. The molecule has 1 aliphatic heterocycles. The van der Waals surface area contributed by atoms with E-state index in [1.807, 2.05) is 11.8 Å². The van der Waals surface area contributed by atoms with E-state index in [1.54, 1.807) is 0 Å². The molecule has 0 aromatic heterocycles. The van der Waals surface area contributed by atoms with Crippen molar-refractivity contribution in [3.05, 3.63) is 168 Å². The standard InChI is InChI=1S/C44H37NS/c1-43(2)37-15-7-6-14-35(37)36-24-23-33(28-38(36)43)45(40-16-10-12-30-11-4-5-13-34(30)40)32-21-18-29(19-22-32)31-20-25-41-39(27-31)44(3)26-9-8-17-42(44)46-41/h4-28,35,37,42H,1-3H3. The SMILES string of the molecule is CC1(C)c2cc(N(c3ccc(-c4ccc5c(c4)C4(C)C=CC=CC4S5)cc3)c3cccc4ccccc34)ccc2C2C=CC=CC21. The molecule has 0 spiro atoms. The van der Waals surface area contributed by atoms with Crippen molar-refractivity contribution < 1.29 is 0 Å². The second-order valence-corrected chi connectivity index (χ2v) is 15.2. The maximum absolute atomic E-state index is 2.46. The van der Waals surface area contributed by atoms with Gasteiger partial charge in [0.2, 0.25) is 0 Å². The quantitative estimate of drug-likeness (QED) is 0.199. The summed E-state index contributed by atoms with van der Waals surface area (Å²) in [6, 6.07) is 38.8. The summed E-state index contributed by atoms with van der Waals surface area (Å²) in [6.07, 6.45) is 18.4. The molecule has 224 valence electrons. The molecule has 2 heteroatoms. The van der Waals surface area contributed by atoms with Gasteiger partial charge in [0, 0.05) is 38.2 Å². The van der Waals surface area contributed by atoms with Crippen LogP contribution in [0.4, 0.5) is 17.1 Å². The Labute approximate surface area is 276 Å². The van der Waals surface area contributed by atoms with Crippen molar-refractivity contribution >= 4 is 39.6 Å². The van der Waals surface area contributed by atoms with Gasteiger partial charge in [0.25, 0.3) is 0 Å². The van der Waals surface area contributed by atoms with Crippen LogP contribution in [0, 0.1) is 5.92 Å². The zero-order valence-electron chi connectivity index (χ0n) is 26.5. The number of hydrogen-bond donors (Lipinski definition) is 0. The van der Waals surface area contributed by atoms with Crippen LogP contribution in [0.2, 0.25) is 0 Å². The van der Waals surface area contributed by atoms with E-state index in [1.165, 1.54) is 54.9 Å². The minimum atomic E-state index is 0.0420. The summed E-state index contributed by atoms with van der Waals surface area (Å²) in [7, 11) is 0. The molecule has 0 amide bonds. The lowest BCUT2D eigenvalue weighted by molar-refractivity contribution is 0.394. The molecule has 9 rings (SSSR count). The molecule has 1 heterocycles. The van der Waals surface area contributed by atoms with Crippen LogP contribution in [0.5, 0.6) is 0 Å². The van der Waals surface area contributed by atoms with E-state index in [0.29, 0.717) is 17.1 Å². The smallest absolute Gasteiger partial charge is 0.0540 e. The summed E-state index contributed by atoms with van der Waals surface area (Å²) in [5.74, 6) is 0.925. The Morgan fingerprint density at radius 1 is 0.630 bits per heavy atom. The van der Waals surface area contributed by atoms with E-state index >= 15 is 0 Å². The Morgan fingerprint density at radius 3 is 2.28 bits per heavy atom. The first-order valence-electron chi connectivity index (χ1n) is 16.5. The Hall–Kier alpha value is -4.53. The lowest BCUT2D eigenvalue weighted by Crippen LogP contribution is -2.28. The van der Waals surface area contributed by atoms with E-state index in [2.05, 4.69) is 177 Å². The first-order valence-corrected chi connectivity index (χ1v) is 17.3. The third kappa shape index (κ3) is 4.09. The zero-order chi connectivity index (χ0) is 31.0. The summed E-state index contributed by atoms with van der Waals surface area (Å²) >= 11 is 1.99. The van der Waals surface area contributed by atoms with Crippen LogP contribution in [0.3, 0.4) is 0 Å². The number of hydrogen-bond acceptors (Lipinski definition) is 2. The topological polar surface area (TPSA) is 3.24 Å². The summed E-state index contributed by atoms with van der Waals surface area (Å²) < 4.78 is 0. The highest BCUT2D eigenvalue weighted by Crippen LogP contribution is 2.55. The highest BCUT2D eigenvalue weighted by Gasteiger charge is 2.45. The zero-order valence-corrected chi connectivity index (χ0v) is 27.3. The molecule has 46 heavy (non-hydrogen) atoms. The van der Waals surface area contributed by atoms with Crippen molar-refractivity contribution in [3.63, 3.8) is 0 Å². The van der Waals surface area contributed by atoms with E-state index in [9.17, 15) is 0 Å². The van der Waals surface area contributed by atoms with Crippen LogP contribution in [-0.2, 0) is 10.8 Å². The minimum absolute atomic E-state index is 0.0420. The summed E-state index contributed by atoms with van der Waals surface area (Å²) in [5.41, 5.74) is 10.5. The van der Waals surface area contributed by atoms with Crippen LogP contribution >= 0.6 is 11.8 Å².